The second kappa shape index (κ2) is 9.02. The molecule has 5 nitrogen and oxygen atoms in total. The van der Waals surface area contributed by atoms with Gasteiger partial charge in [0, 0.05) is 15.1 Å². The number of rotatable bonds is 5. The van der Waals surface area contributed by atoms with E-state index >= 15 is 0 Å². The van der Waals surface area contributed by atoms with Gasteiger partial charge in [-0.05, 0) is 42.4 Å². The minimum Gasteiger partial charge on any atom is -0.316 e. The third-order valence-corrected chi connectivity index (χ3v) is 8.83. The lowest BCUT2D eigenvalue weighted by atomic mass is 9.89. The van der Waals surface area contributed by atoms with Crippen molar-refractivity contribution in [2.75, 3.05) is 11.1 Å². The van der Waals surface area contributed by atoms with Crippen LogP contribution in [-0.4, -0.2) is 21.6 Å². The van der Waals surface area contributed by atoms with E-state index in [0.717, 1.165) is 50.5 Å². The zero-order chi connectivity index (χ0) is 22.1. The van der Waals surface area contributed by atoms with Crippen molar-refractivity contribution in [1.29, 1.82) is 5.26 Å². The molecule has 3 heterocycles. The second-order valence-electron chi connectivity index (χ2n) is 7.88. The third kappa shape index (κ3) is 4.16. The lowest BCUT2D eigenvalue weighted by Gasteiger charge is -2.17. The van der Waals surface area contributed by atoms with Gasteiger partial charge in [0.05, 0.1) is 11.3 Å². The Morgan fingerprint density at radius 2 is 2.12 bits per heavy atom. The number of benzene rings is 1. The fourth-order valence-electron chi connectivity index (χ4n) is 3.95. The molecule has 0 bridgehead atoms. The van der Waals surface area contributed by atoms with Gasteiger partial charge in [-0.2, -0.15) is 5.26 Å². The first kappa shape index (κ1) is 21.1. The van der Waals surface area contributed by atoms with Crippen molar-refractivity contribution < 1.29 is 4.79 Å². The largest absolute Gasteiger partial charge is 0.316 e. The molecule has 4 aromatic rings. The van der Waals surface area contributed by atoms with E-state index in [4.69, 9.17) is 0 Å². The van der Waals surface area contributed by atoms with E-state index in [1.165, 1.54) is 16.6 Å². The van der Waals surface area contributed by atoms with Gasteiger partial charge >= 0.3 is 0 Å². The number of thiophene rings is 2. The lowest BCUT2D eigenvalue weighted by Crippen LogP contribution is -2.14. The van der Waals surface area contributed by atoms with E-state index in [-0.39, 0.29) is 11.7 Å². The molecule has 1 atom stereocenters. The van der Waals surface area contributed by atoms with Gasteiger partial charge in [-0.1, -0.05) is 49.0 Å². The van der Waals surface area contributed by atoms with Crippen LogP contribution >= 0.6 is 34.4 Å². The topological polar surface area (TPSA) is 78.7 Å². The first-order chi connectivity index (χ1) is 15.6. The van der Waals surface area contributed by atoms with Gasteiger partial charge in [0.1, 0.15) is 27.3 Å². The number of carbonyl (C=O) groups excluding carboxylic acids is 1. The Kier molecular flexibility index (Phi) is 5.96. The van der Waals surface area contributed by atoms with Gasteiger partial charge in [0.15, 0.2) is 0 Å². The van der Waals surface area contributed by atoms with Crippen molar-refractivity contribution >= 4 is 55.6 Å². The molecule has 1 aliphatic rings. The van der Waals surface area contributed by atoms with Crippen molar-refractivity contribution in [1.82, 2.24) is 9.97 Å². The standard InChI is InChI=1S/C24H20N4OS3/c1-14-7-8-16-18(11-25)24(32-20(16)9-14)28-21(29)12-30-22-17-10-19(15-5-3-2-4-6-15)31-23(17)27-13-26-22/h2-6,10,13-14H,7-9,12H2,1H3,(H,28,29)/t14-/m1/s1. The Morgan fingerprint density at radius 3 is 2.94 bits per heavy atom. The summed E-state index contributed by atoms with van der Waals surface area (Å²) in [5.41, 5.74) is 2.91. The highest BCUT2D eigenvalue weighted by atomic mass is 32.2. The molecule has 1 N–H and O–H groups in total. The molecule has 5 rings (SSSR count). The summed E-state index contributed by atoms with van der Waals surface area (Å²) < 4.78 is 0. The molecule has 160 valence electrons. The Bertz CT molecular complexity index is 1340. The van der Waals surface area contributed by atoms with Crippen LogP contribution in [0.3, 0.4) is 0 Å². The maximum absolute atomic E-state index is 12.7. The van der Waals surface area contributed by atoms with Crippen molar-refractivity contribution in [3.05, 3.63) is 58.7 Å². The van der Waals surface area contributed by atoms with E-state index in [2.05, 4.69) is 46.5 Å². The zero-order valence-corrected chi connectivity index (χ0v) is 19.9. The highest BCUT2D eigenvalue weighted by Crippen LogP contribution is 2.40. The average molecular weight is 477 g/mol. The fourth-order valence-corrected chi connectivity index (χ4v) is 7.17. The zero-order valence-electron chi connectivity index (χ0n) is 17.4. The minimum atomic E-state index is -0.122. The van der Waals surface area contributed by atoms with Crippen LogP contribution in [0.2, 0.25) is 0 Å². The van der Waals surface area contributed by atoms with Crippen molar-refractivity contribution in [3.8, 4) is 16.5 Å². The number of amides is 1. The van der Waals surface area contributed by atoms with Crippen LogP contribution in [-0.2, 0) is 17.6 Å². The van der Waals surface area contributed by atoms with E-state index in [1.54, 1.807) is 29.0 Å². The summed E-state index contributed by atoms with van der Waals surface area (Å²) in [5, 5.41) is 15.1. The number of anilines is 1. The molecule has 0 fully saturated rings. The summed E-state index contributed by atoms with van der Waals surface area (Å²) in [5.74, 6) is 0.730. The summed E-state index contributed by atoms with van der Waals surface area (Å²) >= 11 is 4.58. The van der Waals surface area contributed by atoms with Crippen LogP contribution in [0.25, 0.3) is 20.7 Å². The molecule has 0 aliphatic heterocycles. The van der Waals surface area contributed by atoms with E-state index < -0.39 is 0 Å². The molecule has 8 heteroatoms. The molecule has 0 unspecified atom stereocenters. The Labute approximate surface area is 198 Å². The Balaban J connectivity index is 1.32. The van der Waals surface area contributed by atoms with Crippen LogP contribution in [0.1, 0.15) is 29.3 Å². The molecule has 1 aliphatic carbocycles. The molecule has 0 saturated heterocycles. The first-order valence-electron chi connectivity index (χ1n) is 10.4. The first-order valence-corrected chi connectivity index (χ1v) is 13.0. The van der Waals surface area contributed by atoms with Crippen molar-refractivity contribution in [2.24, 2.45) is 5.92 Å². The van der Waals surface area contributed by atoms with Gasteiger partial charge in [0.2, 0.25) is 5.91 Å². The smallest absolute Gasteiger partial charge is 0.235 e. The maximum atomic E-state index is 12.7. The minimum absolute atomic E-state index is 0.122. The monoisotopic (exact) mass is 476 g/mol. The van der Waals surface area contributed by atoms with Gasteiger partial charge in [-0.3, -0.25) is 4.79 Å². The molecular formula is C24H20N4OS3. The molecule has 32 heavy (non-hydrogen) atoms. The van der Waals surface area contributed by atoms with Crippen LogP contribution < -0.4 is 5.32 Å². The lowest BCUT2D eigenvalue weighted by molar-refractivity contribution is -0.113. The van der Waals surface area contributed by atoms with Gasteiger partial charge in [-0.25, -0.2) is 9.97 Å². The van der Waals surface area contributed by atoms with Crippen LogP contribution in [0.5, 0.6) is 0 Å². The molecule has 1 amide bonds. The average Bonchev–Trinajstić information content (AvgIpc) is 3.39. The van der Waals surface area contributed by atoms with Gasteiger partial charge in [-0.15, -0.1) is 22.7 Å². The normalized spacial score (nSPS) is 15.3. The summed E-state index contributed by atoms with van der Waals surface area (Å²) in [6, 6.07) is 14.6. The Morgan fingerprint density at radius 1 is 1.28 bits per heavy atom. The quantitative estimate of drug-likeness (QED) is 0.276. The van der Waals surface area contributed by atoms with Crippen molar-refractivity contribution in [3.63, 3.8) is 0 Å². The molecular weight excluding hydrogens is 456 g/mol. The van der Waals surface area contributed by atoms with E-state index in [1.807, 2.05) is 18.2 Å². The summed E-state index contributed by atoms with van der Waals surface area (Å²) in [6.45, 7) is 2.24. The number of nitrogens with zero attached hydrogens (tertiary/aromatic N) is 3. The highest BCUT2D eigenvalue weighted by molar-refractivity contribution is 8.00. The molecule has 0 saturated carbocycles. The molecule has 3 aromatic heterocycles. The number of carbonyl (C=O) groups is 1. The highest BCUT2D eigenvalue weighted by Gasteiger charge is 2.24. The molecule has 0 spiro atoms. The number of aromatic nitrogens is 2. The fraction of sp³-hybridized carbons (Fsp3) is 0.250. The second-order valence-corrected chi connectivity index (χ2v) is 11.0. The molecule has 0 radical (unpaired) electrons. The van der Waals surface area contributed by atoms with E-state index in [9.17, 15) is 10.1 Å². The van der Waals surface area contributed by atoms with E-state index in [0.29, 0.717) is 16.5 Å². The van der Waals surface area contributed by atoms with Gasteiger partial charge < -0.3 is 5.32 Å². The number of hydrogen-bond donors (Lipinski definition) is 1. The van der Waals surface area contributed by atoms with Crippen LogP contribution in [0.15, 0.2) is 47.8 Å². The van der Waals surface area contributed by atoms with Crippen LogP contribution in [0, 0.1) is 17.2 Å². The summed E-state index contributed by atoms with van der Waals surface area (Å²) in [4.78, 5) is 24.8. The number of thioether (sulfide) groups is 1. The van der Waals surface area contributed by atoms with Crippen LogP contribution in [0.4, 0.5) is 5.00 Å². The number of hydrogen-bond acceptors (Lipinski definition) is 7. The molecule has 1 aromatic carbocycles. The number of nitrogens with one attached hydrogen (secondary N) is 1. The third-order valence-electron chi connectivity index (χ3n) is 5.57. The van der Waals surface area contributed by atoms with Crippen molar-refractivity contribution in [2.45, 2.75) is 31.2 Å². The SMILES string of the molecule is C[C@@H]1CCc2c(sc(NC(=O)CSc3ncnc4sc(-c5ccccc5)cc34)c2C#N)C1. The predicted octanol–water partition coefficient (Wildman–Crippen LogP) is 6.15. The summed E-state index contributed by atoms with van der Waals surface area (Å²) in [7, 11) is 0. The Hall–Kier alpha value is -2.73. The number of nitriles is 1. The van der Waals surface area contributed by atoms with Gasteiger partial charge in [0.25, 0.3) is 0 Å². The predicted molar refractivity (Wildman–Crippen MR) is 132 cm³/mol. The number of fused-ring (bicyclic) bond motifs is 2. The maximum Gasteiger partial charge on any atom is 0.235 e. The summed E-state index contributed by atoms with van der Waals surface area (Å²) in [6.07, 6.45) is 4.55.